The summed E-state index contributed by atoms with van der Waals surface area (Å²) in [5.74, 6) is 0.952. The van der Waals surface area contributed by atoms with Crippen molar-refractivity contribution in [2.24, 2.45) is 0 Å². The highest BCUT2D eigenvalue weighted by Gasteiger charge is 2.29. The van der Waals surface area contributed by atoms with Gasteiger partial charge in [-0.1, -0.05) is 17.7 Å². The Morgan fingerprint density at radius 3 is 2.86 bits per heavy atom. The highest BCUT2D eigenvalue weighted by atomic mass is 35.5. The molecule has 3 aromatic rings. The smallest absolute Gasteiger partial charge is 0.264 e. The van der Waals surface area contributed by atoms with Crippen molar-refractivity contribution in [2.45, 2.75) is 13.0 Å². The van der Waals surface area contributed by atoms with Crippen LogP contribution >= 0.6 is 22.9 Å². The molecule has 2 aromatic heterocycles. The standard InChI is InChI=1S/C20H18ClFN4O2S/c1-13-11-25(6-7-26(13)20(27)17-3-2-8-29-17)18-10-19(24-12-23-18)28-16-5-4-14(22)9-15(16)21/h2-5,8-10,12-13H,6-7,11H2,1H3/t13-/m1/s1. The van der Waals surface area contributed by atoms with Gasteiger partial charge in [-0.3, -0.25) is 4.79 Å². The molecule has 1 saturated heterocycles. The summed E-state index contributed by atoms with van der Waals surface area (Å²) in [6.45, 7) is 3.91. The molecule has 29 heavy (non-hydrogen) atoms. The lowest BCUT2D eigenvalue weighted by atomic mass is 10.2. The number of hydrogen-bond donors (Lipinski definition) is 0. The Kier molecular flexibility index (Phi) is 5.64. The zero-order valence-corrected chi connectivity index (χ0v) is 17.2. The van der Waals surface area contributed by atoms with Crippen molar-refractivity contribution in [3.8, 4) is 11.6 Å². The summed E-state index contributed by atoms with van der Waals surface area (Å²) in [4.78, 5) is 25.8. The predicted octanol–water partition coefficient (Wildman–Crippen LogP) is 4.47. The quantitative estimate of drug-likeness (QED) is 0.608. The Morgan fingerprint density at radius 2 is 2.14 bits per heavy atom. The molecule has 9 heteroatoms. The Hall–Kier alpha value is -2.71. The van der Waals surface area contributed by atoms with Crippen molar-refractivity contribution < 1.29 is 13.9 Å². The number of thiophene rings is 1. The van der Waals surface area contributed by atoms with E-state index >= 15 is 0 Å². The lowest BCUT2D eigenvalue weighted by Gasteiger charge is -2.40. The Morgan fingerprint density at radius 1 is 1.28 bits per heavy atom. The number of amides is 1. The van der Waals surface area contributed by atoms with Gasteiger partial charge in [0.25, 0.3) is 5.91 Å². The minimum atomic E-state index is -0.435. The molecule has 3 heterocycles. The van der Waals surface area contributed by atoms with Crippen molar-refractivity contribution in [1.29, 1.82) is 0 Å². The lowest BCUT2D eigenvalue weighted by Crippen LogP contribution is -2.54. The van der Waals surface area contributed by atoms with Gasteiger partial charge in [0.2, 0.25) is 5.88 Å². The largest absolute Gasteiger partial charge is 0.437 e. The average Bonchev–Trinajstić information content (AvgIpc) is 3.25. The first-order valence-corrected chi connectivity index (χ1v) is 10.3. The Labute approximate surface area is 176 Å². The molecule has 6 nitrogen and oxygen atoms in total. The van der Waals surface area contributed by atoms with E-state index < -0.39 is 5.82 Å². The van der Waals surface area contributed by atoms with Crippen molar-refractivity contribution in [3.63, 3.8) is 0 Å². The van der Waals surface area contributed by atoms with E-state index in [0.717, 1.165) is 4.88 Å². The second-order valence-electron chi connectivity index (χ2n) is 6.66. The normalized spacial score (nSPS) is 16.7. The highest BCUT2D eigenvalue weighted by molar-refractivity contribution is 7.12. The molecule has 1 aliphatic heterocycles. The van der Waals surface area contributed by atoms with E-state index in [-0.39, 0.29) is 17.0 Å². The summed E-state index contributed by atoms with van der Waals surface area (Å²) in [5, 5.41) is 2.07. The lowest BCUT2D eigenvalue weighted by molar-refractivity contribution is 0.0678. The van der Waals surface area contributed by atoms with Crippen molar-refractivity contribution in [3.05, 3.63) is 63.8 Å². The Bertz CT molecular complexity index is 1020. The number of carbonyl (C=O) groups is 1. The number of halogens is 2. The van der Waals surface area contributed by atoms with Gasteiger partial charge >= 0.3 is 0 Å². The van der Waals surface area contributed by atoms with Gasteiger partial charge in [0.05, 0.1) is 9.90 Å². The number of ether oxygens (including phenoxy) is 1. The molecule has 0 bridgehead atoms. The third-order valence-corrected chi connectivity index (χ3v) is 5.83. The van der Waals surface area contributed by atoms with Crippen LogP contribution in [-0.4, -0.2) is 46.5 Å². The van der Waals surface area contributed by atoms with E-state index in [1.807, 2.05) is 29.3 Å². The molecule has 0 aliphatic carbocycles. The first kappa shape index (κ1) is 19.6. The highest BCUT2D eigenvalue weighted by Crippen LogP contribution is 2.30. The number of benzene rings is 1. The molecule has 0 spiro atoms. The average molecular weight is 433 g/mol. The van der Waals surface area contributed by atoms with Crippen molar-refractivity contribution >= 4 is 34.7 Å². The monoisotopic (exact) mass is 432 g/mol. The van der Waals surface area contributed by atoms with E-state index in [2.05, 4.69) is 14.9 Å². The van der Waals surface area contributed by atoms with Gasteiger partial charge in [-0.15, -0.1) is 11.3 Å². The van der Waals surface area contributed by atoms with Crippen LogP contribution in [0.25, 0.3) is 0 Å². The molecule has 0 unspecified atom stereocenters. The fraction of sp³-hybridized carbons (Fsp3) is 0.250. The molecule has 4 rings (SSSR count). The van der Waals surface area contributed by atoms with E-state index in [1.54, 1.807) is 6.07 Å². The SMILES string of the molecule is C[C@@H]1CN(c2cc(Oc3ccc(F)cc3Cl)ncn2)CCN1C(=O)c1cccs1. The summed E-state index contributed by atoms with van der Waals surface area (Å²) >= 11 is 7.47. The third kappa shape index (κ3) is 4.33. The van der Waals surface area contributed by atoms with Crippen LogP contribution in [0.15, 0.2) is 48.1 Å². The second kappa shape index (κ2) is 8.34. The molecule has 0 saturated carbocycles. The van der Waals surface area contributed by atoms with Crippen molar-refractivity contribution in [1.82, 2.24) is 14.9 Å². The first-order valence-electron chi connectivity index (χ1n) is 9.05. The summed E-state index contributed by atoms with van der Waals surface area (Å²) in [7, 11) is 0. The second-order valence-corrected chi connectivity index (χ2v) is 8.02. The van der Waals surface area contributed by atoms with Gasteiger partial charge in [0, 0.05) is 31.7 Å². The van der Waals surface area contributed by atoms with E-state index in [4.69, 9.17) is 16.3 Å². The first-order chi connectivity index (χ1) is 14.0. The molecular weight excluding hydrogens is 415 g/mol. The molecule has 1 amide bonds. The van der Waals surface area contributed by atoms with Crippen LogP contribution in [0.5, 0.6) is 11.6 Å². The van der Waals surface area contributed by atoms with Crippen LogP contribution in [0, 0.1) is 5.82 Å². The summed E-state index contributed by atoms with van der Waals surface area (Å²) in [5.41, 5.74) is 0. The molecule has 1 aliphatic rings. The van der Waals surface area contributed by atoms with Gasteiger partial charge in [0.15, 0.2) is 0 Å². The zero-order chi connectivity index (χ0) is 20.4. The molecule has 0 radical (unpaired) electrons. The van der Waals surface area contributed by atoms with E-state index in [1.165, 1.54) is 35.9 Å². The minimum Gasteiger partial charge on any atom is -0.437 e. The predicted molar refractivity (Wildman–Crippen MR) is 111 cm³/mol. The zero-order valence-electron chi connectivity index (χ0n) is 15.6. The minimum absolute atomic E-state index is 0.0317. The van der Waals surface area contributed by atoms with Crippen LogP contribution in [0.2, 0.25) is 5.02 Å². The molecule has 0 N–H and O–H groups in total. The number of rotatable bonds is 4. The number of nitrogens with zero attached hydrogens (tertiary/aromatic N) is 4. The van der Waals surface area contributed by atoms with Crippen LogP contribution in [0.1, 0.15) is 16.6 Å². The summed E-state index contributed by atoms with van der Waals surface area (Å²) < 4.78 is 18.9. The van der Waals surface area contributed by atoms with Crippen LogP contribution in [0.4, 0.5) is 10.2 Å². The van der Waals surface area contributed by atoms with Crippen LogP contribution in [-0.2, 0) is 0 Å². The molecule has 1 atom stereocenters. The molecule has 1 fully saturated rings. The van der Waals surface area contributed by atoms with E-state index in [9.17, 15) is 9.18 Å². The Balaban J connectivity index is 1.46. The number of piperazine rings is 1. The maximum atomic E-state index is 13.2. The van der Waals surface area contributed by atoms with Crippen LogP contribution in [0.3, 0.4) is 0 Å². The van der Waals surface area contributed by atoms with E-state index in [0.29, 0.717) is 37.1 Å². The fourth-order valence-electron chi connectivity index (χ4n) is 3.24. The number of carbonyl (C=O) groups excluding carboxylic acids is 1. The van der Waals surface area contributed by atoms with Gasteiger partial charge in [-0.2, -0.15) is 0 Å². The van der Waals surface area contributed by atoms with Crippen LogP contribution < -0.4 is 9.64 Å². The van der Waals surface area contributed by atoms with Gasteiger partial charge in [0.1, 0.15) is 23.7 Å². The maximum absolute atomic E-state index is 13.2. The van der Waals surface area contributed by atoms with Gasteiger partial charge < -0.3 is 14.5 Å². The topological polar surface area (TPSA) is 58.6 Å². The van der Waals surface area contributed by atoms with Gasteiger partial charge in [-0.05, 0) is 36.6 Å². The number of anilines is 1. The molecular formula is C20H18ClFN4O2S. The number of hydrogen-bond acceptors (Lipinski definition) is 6. The van der Waals surface area contributed by atoms with Crippen molar-refractivity contribution in [2.75, 3.05) is 24.5 Å². The fourth-order valence-corrected chi connectivity index (χ4v) is 4.12. The maximum Gasteiger partial charge on any atom is 0.264 e. The molecule has 150 valence electrons. The van der Waals surface area contributed by atoms with Gasteiger partial charge in [-0.25, -0.2) is 14.4 Å². The summed E-state index contributed by atoms with van der Waals surface area (Å²) in [6.07, 6.45) is 1.41. The third-order valence-electron chi connectivity index (χ3n) is 4.68. The number of aromatic nitrogens is 2. The molecule has 1 aromatic carbocycles. The summed E-state index contributed by atoms with van der Waals surface area (Å²) in [6, 6.07) is 9.39.